The number of amides is 8. The maximum atomic E-state index is 12.3. The van der Waals surface area contributed by atoms with Crippen LogP contribution in [0.2, 0.25) is 0 Å². The summed E-state index contributed by atoms with van der Waals surface area (Å²) in [5, 5.41) is 0. The van der Waals surface area contributed by atoms with Crippen LogP contribution in [0, 0.1) is 24.3 Å². The third kappa shape index (κ3) is 10.4. The molecule has 0 saturated heterocycles. The Morgan fingerprint density at radius 2 is 0.609 bits per heavy atom. The normalized spacial score (nSPS) is 13.6. The first kappa shape index (κ1) is 49.9. The van der Waals surface area contributed by atoms with Crippen molar-refractivity contribution in [2.45, 2.75) is 20.3 Å². The Kier molecular flexibility index (Phi) is 17.6. The number of carbonyl (C=O) groups is 8. The van der Waals surface area contributed by atoms with Crippen LogP contribution in [-0.4, -0.2) is 87.6 Å². The van der Waals surface area contributed by atoms with Gasteiger partial charge in [-0.2, -0.15) is 97.1 Å². The first-order valence-corrected chi connectivity index (χ1v) is 19.4. The van der Waals surface area contributed by atoms with Gasteiger partial charge in [0.15, 0.2) is 0 Å². The molecular weight excluding hydrogens is 1150 g/mol. The third-order valence-corrected chi connectivity index (χ3v) is 9.88. The molecule has 0 unspecified atom stereocenters. The number of fused-ring (bicyclic) bond motifs is 4. The molecule has 0 atom stereocenters. The van der Waals surface area contributed by atoms with Gasteiger partial charge in [-0.15, -0.1) is 0 Å². The summed E-state index contributed by atoms with van der Waals surface area (Å²) in [7, 11) is 2.95. The van der Waals surface area contributed by atoms with Gasteiger partial charge in [0.1, 0.15) is 6.67 Å². The van der Waals surface area contributed by atoms with Crippen LogP contribution in [0.1, 0.15) is 108 Å². The summed E-state index contributed by atoms with van der Waals surface area (Å²) in [6.07, 6.45) is 1.03. The summed E-state index contributed by atoms with van der Waals surface area (Å²) in [4.78, 5) is 98.4. The molecule has 0 aromatic heterocycles. The fourth-order valence-electron chi connectivity index (χ4n) is 6.67. The van der Waals surface area contributed by atoms with Crippen LogP contribution in [-0.2, 0) is 48.6 Å². The van der Waals surface area contributed by atoms with Crippen LogP contribution in [0.25, 0.3) is 0 Å². The molecule has 0 N–H and O–H groups in total. The van der Waals surface area contributed by atoms with Gasteiger partial charge >= 0.3 is 42.1 Å². The van der Waals surface area contributed by atoms with Crippen molar-refractivity contribution in [2.24, 2.45) is 0 Å². The summed E-state index contributed by atoms with van der Waals surface area (Å²) >= 11 is 0. The van der Waals surface area contributed by atoms with Gasteiger partial charge in [0.2, 0.25) is 47.3 Å². The van der Waals surface area contributed by atoms with Crippen molar-refractivity contribution in [3.8, 4) is 0 Å². The van der Waals surface area contributed by atoms with Gasteiger partial charge < -0.3 is 0 Å². The van der Waals surface area contributed by atoms with Crippen molar-refractivity contribution in [1.82, 2.24) is 19.6 Å². The summed E-state index contributed by atoms with van der Waals surface area (Å²) in [6, 6.07) is 50.5. The van der Waals surface area contributed by atoms with E-state index >= 15 is 0 Å². The second-order valence-corrected chi connectivity index (χ2v) is 13.6. The molecule has 4 heterocycles. The summed E-state index contributed by atoms with van der Waals surface area (Å²) < 4.78 is 0. The maximum absolute atomic E-state index is 12.3. The van der Waals surface area contributed by atoms with Gasteiger partial charge in [-0.05, 0) is 17.5 Å². The van der Waals surface area contributed by atoms with Crippen molar-refractivity contribution in [3.05, 3.63) is 213 Å². The third-order valence-electron chi connectivity index (χ3n) is 9.88. The van der Waals surface area contributed by atoms with Gasteiger partial charge in [0, 0.05) is 14.1 Å². The van der Waals surface area contributed by atoms with Gasteiger partial charge in [-0.25, -0.2) is 0 Å². The quantitative estimate of drug-likeness (QED) is 0.137. The molecular formula is C50H38N4O8W2. The van der Waals surface area contributed by atoms with Crippen molar-refractivity contribution in [3.63, 3.8) is 0 Å². The van der Waals surface area contributed by atoms with Crippen LogP contribution in [0.15, 0.2) is 133 Å². The van der Waals surface area contributed by atoms with Gasteiger partial charge in [0.05, 0.1) is 0 Å². The zero-order valence-corrected chi connectivity index (χ0v) is 40.9. The number of carbonyl (C=O) groups excluding carboxylic acids is 8. The molecule has 318 valence electrons. The van der Waals surface area contributed by atoms with E-state index in [4.69, 9.17) is 0 Å². The molecule has 6 aromatic rings. The van der Waals surface area contributed by atoms with Gasteiger partial charge in [0.25, 0.3) is 0 Å². The minimum Gasteiger partial charge on any atom is -0.290 e. The Bertz CT molecular complexity index is 2400. The Labute approximate surface area is 399 Å². The number of hydrogen-bond acceptors (Lipinski definition) is 8. The van der Waals surface area contributed by atoms with Gasteiger partial charge in [-0.3, -0.25) is 58.0 Å². The predicted molar refractivity (Wildman–Crippen MR) is 227 cm³/mol. The monoisotopic (exact) mass is 1190 g/mol. The summed E-state index contributed by atoms with van der Waals surface area (Å²) in [6.45, 7) is 3.60. The van der Waals surface area contributed by atoms with Gasteiger partial charge in [-0.1, -0.05) is 119 Å². The van der Waals surface area contributed by atoms with Crippen LogP contribution in [0.3, 0.4) is 0 Å². The molecule has 0 bridgehead atoms. The smallest absolute Gasteiger partial charge is 0.290 e. The Morgan fingerprint density at radius 3 is 0.891 bits per heavy atom. The molecule has 0 spiro atoms. The SMILES string of the molecule is CC.CN1C(=O)c2c[c-]ccc2C1=O.CN1C(=O)c2c[c-]ccc2C1=O.O=C1c2c[c-]ccc2C(=O)N1CN1C(=O)c2c[c-]ccc2C1=O.[W+2].[W+2].c1ccc(Cc2ccccc2)cc1. The zero-order valence-electron chi connectivity index (χ0n) is 35.0. The molecule has 10 rings (SSSR count). The maximum Gasteiger partial charge on any atom is 2.00 e. The van der Waals surface area contributed by atoms with Crippen LogP contribution in [0.5, 0.6) is 0 Å². The van der Waals surface area contributed by atoms with Crippen molar-refractivity contribution in [1.29, 1.82) is 0 Å². The number of rotatable bonds is 4. The summed E-state index contributed by atoms with van der Waals surface area (Å²) in [5.74, 6) is -3.08. The average Bonchev–Trinajstić information content (AvgIpc) is 3.89. The molecule has 64 heavy (non-hydrogen) atoms. The second-order valence-electron chi connectivity index (χ2n) is 13.6. The van der Waals surface area contributed by atoms with E-state index in [0.717, 1.165) is 26.0 Å². The average molecular weight is 1190 g/mol. The molecule has 14 heteroatoms. The van der Waals surface area contributed by atoms with E-state index in [9.17, 15) is 38.4 Å². The fraction of sp³-hybridized carbons (Fsp3) is 0.120. The van der Waals surface area contributed by atoms with E-state index in [1.807, 2.05) is 13.8 Å². The molecule has 4 aliphatic heterocycles. The molecule has 12 nitrogen and oxygen atoms in total. The van der Waals surface area contributed by atoms with E-state index in [-0.39, 0.29) is 88.0 Å². The number of benzene rings is 6. The largest absolute Gasteiger partial charge is 2.00 e. The number of imide groups is 4. The van der Waals surface area contributed by atoms with E-state index in [1.165, 1.54) is 61.6 Å². The fourth-order valence-corrected chi connectivity index (χ4v) is 6.67. The standard InChI is InChI=1S/C17H8N2O4.C13H12.2C9H6NO2.C2H6.2W/c20-14-10-5-1-2-6-11(10)15(21)18(14)9-19-16(22)12-7-3-4-8-13(12)17(19)23;1-3-7-12(8-4-1)11-13-9-5-2-6-10-13;2*1-10-8(11)6-4-2-3-5-7(6)9(10)12;1-2;;/h1,3,5-8H,9H2;1-10H,11H2;2*2,4-5H,1H3;1-2H3;;/q-2;;2*-1;;2*+2. The second kappa shape index (κ2) is 22.6. The van der Waals surface area contributed by atoms with Crippen molar-refractivity contribution in [2.75, 3.05) is 20.8 Å². The summed E-state index contributed by atoms with van der Waals surface area (Å²) in [5.41, 5.74) is 5.53. The van der Waals surface area contributed by atoms with E-state index in [1.54, 1.807) is 36.4 Å². The molecule has 0 aliphatic carbocycles. The first-order valence-electron chi connectivity index (χ1n) is 19.4. The number of hydrogen-bond donors (Lipinski definition) is 0. The Morgan fingerprint density at radius 1 is 0.359 bits per heavy atom. The van der Waals surface area contributed by atoms with Crippen molar-refractivity contribution >= 4 is 47.3 Å². The molecule has 8 amide bonds. The van der Waals surface area contributed by atoms with E-state index in [2.05, 4.69) is 84.9 Å². The minimum absolute atomic E-state index is 0. The molecule has 4 aliphatic rings. The predicted octanol–water partition coefficient (Wildman–Crippen LogP) is 6.86. The molecule has 0 radical (unpaired) electrons. The molecule has 0 saturated carbocycles. The zero-order chi connectivity index (χ0) is 44.5. The Balaban J connectivity index is 0.000000191. The number of nitrogens with zero attached hydrogens (tertiary/aromatic N) is 4. The van der Waals surface area contributed by atoms with E-state index < -0.39 is 30.3 Å². The van der Waals surface area contributed by atoms with Crippen molar-refractivity contribution < 1.29 is 80.5 Å². The van der Waals surface area contributed by atoms with Crippen LogP contribution < -0.4 is 0 Å². The molecule has 0 fully saturated rings. The van der Waals surface area contributed by atoms with E-state index in [0.29, 0.717) is 22.3 Å². The Hall–Kier alpha value is -6.74. The minimum atomic E-state index is -0.537. The van der Waals surface area contributed by atoms with Crippen LogP contribution in [0.4, 0.5) is 0 Å². The molecule has 6 aromatic carbocycles. The van der Waals surface area contributed by atoms with Crippen LogP contribution >= 0.6 is 0 Å². The first-order chi connectivity index (χ1) is 30.0. The topological polar surface area (TPSA) is 150 Å².